The zero-order chi connectivity index (χ0) is 9.97. The van der Waals surface area contributed by atoms with Gasteiger partial charge in [0, 0.05) is 17.1 Å². The van der Waals surface area contributed by atoms with Crippen LogP contribution < -0.4 is 0 Å². The van der Waals surface area contributed by atoms with Crippen molar-refractivity contribution in [2.75, 3.05) is 0 Å². The predicted molar refractivity (Wildman–Crippen MR) is 57.4 cm³/mol. The van der Waals surface area contributed by atoms with Crippen LogP contribution in [-0.4, -0.2) is 10.9 Å². The van der Waals surface area contributed by atoms with Crippen LogP contribution in [0, 0.1) is 0 Å². The molecule has 0 aliphatic carbocycles. The lowest BCUT2D eigenvalue weighted by Crippen LogP contribution is -1.95. The maximum Gasteiger partial charge on any atom is 0.139 e. The number of hydrogen-bond donors (Lipinski definition) is 0. The standard InChI is InChI=1S/C12H13NO/c1-2-10-9-13(7-8-14)12-6-4-3-5-11(10)12/h3-6,8-9H,2,7H2,1H3. The van der Waals surface area contributed by atoms with Gasteiger partial charge in [0.15, 0.2) is 0 Å². The number of aromatic nitrogens is 1. The summed E-state index contributed by atoms with van der Waals surface area (Å²) in [4.78, 5) is 10.5. The predicted octanol–water partition coefficient (Wildman–Crippen LogP) is 2.40. The quantitative estimate of drug-likeness (QED) is 0.676. The molecule has 1 aromatic carbocycles. The van der Waals surface area contributed by atoms with Crippen molar-refractivity contribution < 1.29 is 4.79 Å². The zero-order valence-corrected chi connectivity index (χ0v) is 8.23. The average molecular weight is 187 g/mol. The van der Waals surface area contributed by atoms with Crippen molar-refractivity contribution in [1.29, 1.82) is 0 Å². The Morgan fingerprint density at radius 1 is 1.36 bits per heavy atom. The van der Waals surface area contributed by atoms with Crippen molar-refractivity contribution in [3.63, 3.8) is 0 Å². The minimum atomic E-state index is 0.445. The summed E-state index contributed by atoms with van der Waals surface area (Å²) in [7, 11) is 0. The number of carbonyl (C=O) groups excluding carboxylic acids is 1. The second-order valence-corrected chi connectivity index (χ2v) is 3.34. The molecule has 0 radical (unpaired) electrons. The van der Waals surface area contributed by atoms with E-state index in [9.17, 15) is 4.79 Å². The summed E-state index contributed by atoms with van der Waals surface area (Å²) < 4.78 is 2.00. The molecule has 0 bridgehead atoms. The topological polar surface area (TPSA) is 22.0 Å². The van der Waals surface area contributed by atoms with Crippen LogP contribution in [-0.2, 0) is 17.8 Å². The van der Waals surface area contributed by atoms with E-state index in [-0.39, 0.29) is 0 Å². The van der Waals surface area contributed by atoms with Gasteiger partial charge in [0.1, 0.15) is 6.29 Å². The summed E-state index contributed by atoms with van der Waals surface area (Å²) >= 11 is 0. The third-order valence-corrected chi connectivity index (χ3v) is 2.52. The van der Waals surface area contributed by atoms with Gasteiger partial charge in [-0.2, -0.15) is 0 Å². The highest BCUT2D eigenvalue weighted by Gasteiger charge is 2.04. The van der Waals surface area contributed by atoms with E-state index in [4.69, 9.17) is 0 Å². The zero-order valence-electron chi connectivity index (χ0n) is 8.23. The van der Waals surface area contributed by atoms with E-state index in [1.54, 1.807) is 0 Å². The van der Waals surface area contributed by atoms with Gasteiger partial charge in [-0.05, 0) is 18.1 Å². The van der Waals surface area contributed by atoms with Gasteiger partial charge in [0.2, 0.25) is 0 Å². The lowest BCUT2D eigenvalue weighted by Gasteiger charge is -1.97. The maximum absolute atomic E-state index is 10.5. The van der Waals surface area contributed by atoms with E-state index in [1.165, 1.54) is 10.9 Å². The molecule has 0 saturated heterocycles. The number of fused-ring (bicyclic) bond motifs is 1. The van der Waals surface area contributed by atoms with Crippen LogP contribution in [0.15, 0.2) is 30.5 Å². The van der Waals surface area contributed by atoms with Crippen molar-refractivity contribution in [1.82, 2.24) is 4.57 Å². The number of nitrogens with zero attached hydrogens (tertiary/aromatic N) is 1. The summed E-state index contributed by atoms with van der Waals surface area (Å²) in [5, 5.41) is 1.26. The first-order valence-electron chi connectivity index (χ1n) is 4.87. The van der Waals surface area contributed by atoms with Crippen molar-refractivity contribution >= 4 is 17.2 Å². The van der Waals surface area contributed by atoms with Gasteiger partial charge < -0.3 is 9.36 Å². The van der Waals surface area contributed by atoms with E-state index >= 15 is 0 Å². The van der Waals surface area contributed by atoms with Crippen molar-refractivity contribution in [3.8, 4) is 0 Å². The Labute approximate surface area is 83.2 Å². The van der Waals surface area contributed by atoms with Crippen LogP contribution >= 0.6 is 0 Å². The summed E-state index contributed by atoms with van der Waals surface area (Å²) in [6.45, 7) is 2.58. The fourth-order valence-electron chi connectivity index (χ4n) is 1.84. The maximum atomic E-state index is 10.5. The number of aldehydes is 1. The largest absolute Gasteiger partial charge is 0.340 e. The molecule has 72 valence electrons. The SMILES string of the molecule is CCc1cn(CC=O)c2ccccc12. The molecule has 1 aromatic heterocycles. The van der Waals surface area contributed by atoms with Crippen LogP contribution in [0.25, 0.3) is 10.9 Å². The third-order valence-electron chi connectivity index (χ3n) is 2.52. The molecule has 2 rings (SSSR count). The van der Waals surface area contributed by atoms with E-state index in [0.717, 1.165) is 18.2 Å². The molecule has 1 heterocycles. The number of benzene rings is 1. The fourth-order valence-corrected chi connectivity index (χ4v) is 1.84. The molecule has 0 unspecified atom stereocenters. The first-order chi connectivity index (χ1) is 6.86. The van der Waals surface area contributed by atoms with Crippen molar-refractivity contribution in [3.05, 3.63) is 36.0 Å². The molecule has 2 nitrogen and oxygen atoms in total. The second kappa shape index (κ2) is 3.66. The van der Waals surface area contributed by atoms with Crippen LogP contribution in [0.3, 0.4) is 0 Å². The molecular weight excluding hydrogens is 174 g/mol. The van der Waals surface area contributed by atoms with Gasteiger partial charge in [-0.3, -0.25) is 0 Å². The highest BCUT2D eigenvalue weighted by atomic mass is 16.1. The first kappa shape index (κ1) is 9.00. The lowest BCUT2D eigenvalue weighted by molar-refractivity contribution is -0.108. The molecule has 0 fully saturated rings. The highest BCUT2D eigenvalue weighted by molar-refractivity contribution is 5.84. The molecule has 0 saturated carbocycles. The Hall–Kier alpha value is -1.57. The van der Waals surface area contributed by atoms with Gasteiger partial charge in [-0.1, -0.05) is 25.1 Å². The lowest BCUT2D eigenvalue weighted by atomic mass is 10.1. The number of carbonyl (C=O) groups is 1. The number of aryl methyl sites for hydroxylation is 1. The molecule has 2 heteroatoms. The Kier molecular flexibility index (Phi) is 2.35. The van der Waals surface area contributed by atoms with Gasteiger partial charge in [0.05, 0.1) is 6.54 Å². The molecule has 2 aromatic rings. The molecule has 0 atom stereocenters. The van der Waals surface area contributed by atoms with Gasteiger partial charge in [0.25, 0.3) is 0 Å². The van der Waals surface area contributed by atoms with Crippen LogP contribution in [0.1, 0.15) is 12.5 Å². The number of rotatable bonds is 3. The summed E-state index contributed by atoms with van der Waals surface area (Å²) in [6.07, 6.45) is 4.01. The van der Waals surface area contributed by atoms with Crippen molar-refractivity contribution in [2.45, 2.75) is 19.9 Å². The molecule has 14 heavy (non-hydrogen) atoms. The Morgan fingerprint density at radius 3 is 2.86 bits per heavy atom. The summed E-state index contributed by atoms with van der Waals surface area (Å²) in [5.74, 6) is 0. The molecular formula is C12H13NO. The van der Waals surface area contributed by atoms with Gasteiger partial charge >= 0.3 is 0 Å². The molecule has 0 aliphatic rings. The monoisotopic (exact) mass is 187 g/mol. The highest BCUT2D eigenvalue weighted by Crippen LogP contribution is 2.21. The Bertz CT molecular complexity index is 456. The first-order valence-corrected chi connectivity index (χ1v) is 4.87. The van der Waals surface area contributed by atoms with Crippen LogP contribution in [0.5, 0.6) is 0 Å². The van der Waals surface area contributed by atoms with Crippen LogP contribution in [0.2, 0.25) is 0 Å². The van der Waals surface area contributed by atoms with E-state index in [1.807, 2.05) is 16.7 Å². The Morgan fingerprint density at radius 2 is 2.14 bits per heavy atom. The average Bonchev–Trinajstić information content (AvgIpc) is 2.58. The molecule has 0 aliphatic heterocycles. The number of hydrogen-bond acceptors (Lipinski definition) is 1. The Balaban J connectivity index is 2.66. The second-order valence-electron chi connectivity index (χ2n) is 3.34. The van der Waals surface area contributed by atoms with Gasteiger partial charge in [-0.25, -0.2) is 0 Å². The molecule has 0 N–H and O–H groups in total. The normalized spacial score (nSPS) is 10.6. The minimum Gasteiger partial charge on any atom is -0.340 e. The number of para-hydroxylation sites is 1. The van der Waals surface area contributed by atoms with Crippen molar-refractivity contribution in [2.24, 2.45) is 0 Å². The smallest absolute Gasteiger partial charge is 0.139 e. The van der Waals surface area contributed by atoms with E-state index in [2.05, 4.69) is 25.3 Å². The van der Waals surface area contributed by atoms with Crippen LogP contribution in [0.4, 0.5) is 0 Å². The minimum absolute atomic E-state index is 0.445. The van der Waals surface area contributed by atoms with Gasteiger partial charge in [-0.15, -0.1) is 0 Å². The molecule has 0 amide bonds. The van der Waals surface area contributed by atoms with E-state index in [0.29, 0.717) is 6.54 Å². The molecule has 0 spiro atoms. The third kappa shape index (κ3) is 1.33. The summed E-state index contributed by atoms with van der Waals surface area (Å²) in [5.41, 5.74) is 2.46. The van der Waals surface area contributed by atoms with E-state index < -0.39 is 0 Å². The summed E-state index contributed by atoms with van der Waals surface area (Å²) in [6, 6.07) is 8.20. The fraction of sp³-hybridized carbons (Fsp3) is 0.250.